The van der Waals surface area contributed by atoms with Crippen LogP contribution in [0.1, 0.15) is 18.7 Å². The molecule has 0 aliphatic rings. The average molecular weight is 489 g/mol. The van der Waals surface area contributed by atoms with Crippen LogP contribution in [0.3, 0.4) is 0 Å². The van der Waals surface area contributed by atoms with E-state index in [0.717, 1.165) is 20.2 Å². The van der Waals surface area contributed by atoms with Gasteiger partial charge < -0.3 is 5.11 Å². The number of carbonyl (C=O) groups is 1. The topological polar surface area (TPSA) is 70.0 Å². The summed E-state index contributed by atoms with van der Waals surface area (Å²) in [6, 6.07) is 11.4. The van der Waals surface area contributed by atoms with Crippen molar-refractivity contribution >= 4 is 51.1 Å². The number of thiophene rings is 1. The summed E-state index contributed by atoms with van der Waals surface area (Å²) in [5, 5.41) is 14.6. The molecule has 1 aromatic carbocycles. The number of rotatable bonds is 10. The second-order valence-corrected chi connectivity index (χ2v) is 9.84. The first-order chi connectivity index (χ1) is 15.1. The summed E-state index contributed by atoms with van der Waals surface area (Å²) in [5.41, 5.74) is 1.89. The van der Waals surface area contributed by atoms with Crippen LogP contribution in [-0.2, 0) is 15.6 Å². The fraction of sp³-hybridized carbons (Fsp3) is 0.167. The molecule has 0 amide bonds. The Kier molecular flexibility index (Phi) is 9.38. The van der Waals surface area contributed by atoms with Crippen molar-refractivity contribution in [2.24, 2.45) is 5.10 Å². The molecule has 8 heteroatoms. The highest BCUT2D eigenvalue weighted by Crippen LogP contribution is 2.35. The average Bonchev–Trinajstić information content (AvgIpc) is 3.25. The Morgan fingerprint density at radius 1 is 1.31 bits per heavy atom. The normalized spacial score (nSPS) is 14.2. The van der Waals surface area contributed by atoms with E-state index in [4.69, 9.17) is 11.6 Å². The molecule has 2 unspecified atom stereocenters. The van der Waals surface area contributed by atoms with Crippen LogP contribution in [0.2, 0.25) is 0 Å². The van der Waals surface area contributed by atoms with Gasteiger partial charge in [0.1, 0.15) is 5.71 Å². The van der Waals surface area contributed by atoms with Crippen molar-refractivity contribution in [2.75, 3.05) is 6.26 Å². The van der Waals surface area contributed by atoms with Crippen LogP contribution >= 0.6 is 22.9 Å². The molecule has 2 aromatic rings. The third-order valence-electron chi connectivity index (χ3n) is 4.32. The summed E-state index contributed by atoms with van der Waals surface area (Å²) in [7, 11) is -1.08. The zero-order chi connectivity index (χ0) is 23.8. The second-order valence-electron chi connectivity index (χ2n) is 6.72. The first-order valence-corrected chi connectivity index (χ1v) is 12.4. The van der Waals surface area contributed by atoms with E-state index in [1.807, 2.05) is 36.4 Å². The molecule has 1 heterocycles. The van der Waals surface area contributed by atoms with Crippen LogP contribution in [0.15, 0.2) is 89.6 Å². The lowest BCUT2D eigenvalue weighted by Crippen LogP contribution is -2.23. The van der Waals surface area contributed by atoms with Crippen LogP contribution < -0.4 is 0 Å². The Morgan fingerprint density at radius 3 is 2.62 bits per heavy atom. The Morgan fingerprint density at radius 2 is 2.03 bits per heavy atom. The monoisotopic (exact) mass is 488 g/mol. The smallest absolute Gasteiger partial charge is 0.351 e. The highest BCUT2D eigenvalue weighted by molar-refractivity contribution is 7.84. The van der Waals surface area contributed by atoms with Crippen molar-refractivity contribution in [3.05, 3.63) is 84.4 Å². The molecular weight excluding hydrogens is 464 g/mol. The number of aliphatic carboxylic acids is 1. The van der Waals surface area contributed by atoms with Crippen LogP contribution in [0.4, 0.5) is 0 Å². The predicted octanol–water partition coefficient (Wildman–Crippen LogP) is 6.14. The second kappa shape index (κ2) is 11.8. The molecule has 32 heavy (non-hydrogen) atoms. The van der Waals surface area contributed by atoms with E-state index >= 15 is 0 Å². The summed E-state index contributed by atoms with van der Waals surface area (Å²) < 4.78 is 11.8. The number of nitrogens with zero attached hydrogens (tertiary/aromatic N) is 2. The number of alkyl halides is 1. The molecule has 0 bridgehead atoms. The third kappa shape index (κ3) is 6.63. The maximum absolute atomic E-state index is 11.8. The number of hydrogen-bond donors (Lipinski definition) is 1. The van der Waals surface area contributed by atoms with Crippen molar-refractivity contribution in [3.8, 4) is 10.4 Å². The Hall–Kier alpha value is -2.74. The van der Waals surface area contributed by atoms with Crippen LogP contribution in [-0.4, -0.2) is 37.6 Å². The number of hydrogen-bond acceptors (Lipinski definition) is 5. The van der Waals surface area contributed by atoms with E-state index in [9.17, 15) is 14.1 Å². The van der Waals surface area contributed by atoms with E-state index in [-0.39, 0.29) is 5.71 Å². The van der Waals surface area contributed by atoms with E-state index in [1.54, 1.807) is 37.5 Å². The summed E-state index contributed by atoms with van der Waals surface area (Å²) in [6.07, 6.45) is 8.51. The van der Waals surface area contributed by atoms with Crippen molar-refractivity contribution in [2.45, 2.75) is 24.1 Å². The lowest BCUT2D eigenvalue weighted by molar-refractivity contribution is -0.129. The van der Waals surface area contributed by atoms with Gasteiger partial charge in [0.05, 0.1) is 21.6 Å². The molecule has 2 atom stereocenters. The van der Waals surface area contributed by atoms with Crippen molar-refractivity contribution < 1.29 is 14.1 Å². The van der Waals surface area contributed by atoms with E-state index in [1.165, 1.54) is 23.3 Å². The Bertz CT molecular complexity index is 1130. The maximum atomic E-state index is 11.8. The van der Waals surface area contributed by atoms with Gasteiger partial charge in [-0.15, -0.1) is 22.9 Å². The standard InChI is InChI=1S/C24H25ClN2O3S2/c1-6-7-8-12-21(16(2)25)27(26-17(3)24(28)29)18(4)22-13-14-23(31-22)19-10-9-11-20(15-19)32(5)30/h6-16H,1,4H2,2-3,5H3,(H,28,29)/b8-7-,21-12+,26-17+. The minimum absolute atomic E-state index is 0.100. The zero-order valence-electron chi connectivity index (χ0n) is 18.1. The molecule has 168 valence electrons. The molecule has 0 saturated carbocycles. The molecule has 1 aromatic heterocycles. The molecule has 5 nitrogen and oxygen atoms in total. The van der Waals surface area contributed by atoms with Gasteiger partial charge in [-0.05, 0) is 49.8 Å². The maximum Gasteiger partial charge on any atom is 0.351 e. The molecule has 0 fully saturated rings. The van der Waals surface area contributed by atoms with Gasteiger partial charge in [0.2, 0.25) is 0 Å². The molecule has 2 rings (SSSR count). The van der Waals surface area contributed by atoms with Gasteiger partial charge in [-0.2, -0.15) is 5.10 Å². The number of carboxylic acid groups (broad SMARTS) is 1. The summed E-state index contributed by atoms with van der Waals surface area (Å²) in [4.78, 5) is 13.9. The van der Waals surface area contributed by atoms with Crippen LogP contribution in [0.5, 0.6) is 0 Å². The number of halogens is 1. The van der Waals surface area contributed by atoms with Gasteiger partial charge >= 0.3 is 5.97 Å². The number of carboxylic acids is 1. The quantitative estimate of drug-likeness (QED) is 0.189. The van der Waals surface area contributed by atoms with Crippen molar-refractivity contribution in [3.63, 3.8) is 0 Å². The lowest BCUT2D eigenvalue weighted by atomic mass is 10.2. The van der Waals surface area contributed by atoms with E-state index in [2.05, 4.69) is 18.3 Å². The first-order valence-electron chi connectivity index (χ1n) is 9.60. The molecule has 0 aliphatic carbocycles. The van der Waals surface area contributed by atoms with E-state index < -0.39 is 22.1 Å². The minimum atomic E-state index is -1.14. The van der Waals surface area contributed by atoms with Gasteiger partial charge in [-0.25, -0.2) is 9.80 Å². The zero-order valence-corrected chi connectivity index (χ0v) is 20.5. The summed E-state index contributed by atoms with van der Waals surface area (Å²) >= 11 is 7.88. The minimum Gasteiger partial charge on any atom is -0.477 e. The lowest BCUT2D eigenvalue weighted by Gasteiger charge is -2.25. The fourth-order valence-corrected chi connectivity index (χ4v) is 4.34. The van der Waals surface area contributed by atoms with Crippen LogP contribution in [0, 0.1) is 0 Å². The number of benzene rings is 1. The van der Waals surface area contributed by atoms with Crippen molar-refractivity contribution in [1.29, 1.82) is 0 Å². The van der Waals surface area contributed by atoms with Gasteiger partial charge in [0, 0.05) is 26.8 Å². The summed E-state index contributed by atoms with van der Waals surface area (Å²) in [6.45, 7) is 11.0. The molecule has 0 saturated heterocycles. The Balaban J connectivity index is 2.51. The number of hydrazone groups is 1. The highest BCUT2D eigenvalue weighted by Gasteiger charge is 2.21. The van der Waals surface area contributed by atoms with Crippen molar-refractivity contribution in [1.82, 2.24) is 5.01 Å². The molecule has 0 aliphatic heterocycles. The first kappa shape index (κ1) is 25.5. The molecule has 0 spiro atoms. The fourth-order valence-electron chi connectivity index (χ4n) is 2.65. The highest BCUT2D eigenvalue weighted by atomic mass is 35.5. The van der Waals surface area contributed by atoms with Gasteiger partial charge in [-0.3, -0.25) is 4.21 Å². The molecular formula is C24H25ClN2O3S2. The predicted molar refractivity (Wildman–Crippen MR) is 136 cm³/mol. The van der Waals surface area contributed by atoms with E-state index in [0.29, 0.717) is 11.4 Å². The van der Waals surface area contributed by atoms with Gasteiger partial charge in [0.25, 0.3) is 0 Å². The number of allylic oxidation sites excluding steroid dienone is 5. The Labute approximate surface area is 200 Å². The van der Waals surface area contributed by atoms with Gasteiger partial charge in [0.15, 0.2) is 0 Å². The van der Waals surface area contributed by atoms with Gasteiger partial charge in [-0.1, -0.05) is 43.5 Å². The third-order valence-corrected chi connectivity index (χ3v) is 6.65. The summed E-state index contributed by atoms with van der Waals surface area (Å²) in [5.74, 6) is -1.14. The molecule has 1 N–H and O–H groups in total. The SMILES string of the molecule is C=C/C=C\C=C(/C(C)Cl)N(/N=C(\C)C(=O)O)C(=C)c1ccc(-c2cccc(S(C)=O)c2)s1. The molecule has 0 radical (unpaired) electrons. The largest absolute Gasteiger partial charge is 0.477 e. The van der Waals surface area contributed by atoms with Crippen LogP contribution in [0.25, 0.3) is 16.1 Å².